The van der Waals surface area contributed by atoms with Crippen molar-refractivity contribution in [1.29, 1.82) is 0 Å². The highest BCUT2D eigenvalue weighted by Crippen LogP contribution is 2.39. The second-order valence-corrected chi connectivity index (χ2v) is 10.3. The first kappa shape index (κ1) is 23.4. The molecule has 2 heterocycles. The molecule has 3 heteroatoms. The average molecular weight is 525 g/mol. The fraction of sp³-hybridized carbons (Fsp3) is 0.0526. The Morgan fingerprint density at radius 3 is 2.20 bits per heavy atom. The van der Waals surface area contributed by atoms with Gasteiger partial charge in [-0.3, -0.25) is 0 Å². The highest BCUT2D eigenvalue weighted by atomic mass is 16.3. The van der Waals surface area contributed by atoms with Gasteiger partial charge in [0.25, 0.3) is 0 Å². The number of benzene rings is 4. The van der Waals surface area contributed by atoms with Crippen LogP contribution in [-0.2, 0) is 0 Å². The molecule has 0 bridgehead atoms. The number of fused-ring (bicyclic) bond motifs is 7. The second-order valence-electron chi connectivity index (χ2n) is 10.3. The Morgan fingerprint density at radius 2 is 1.37 bits per heavy atom. The topological polar surface area (TPSA) is 30.1 Å². The number of hydrogen-bond donors (Lipinski definition) is 1. The van der Waals surface area contributed by atoms with E-state index in [2.05, 4.69) is 125 Å². The Labute approximate surface area is 238 Å². The molecule has 1 atom stereocenters. The zero-order chi connectivity index (χ0) is 27.3. The predicted octanol–water partition coefficient (Wildman–Crippen LogP) is 8.86. The van der Waals surface area contributed by atoms with E-state index in [1.165, 1.54) is 11.1 Å². The van der Waals surface area contributed by atoms with E-state index in [0.29, 0.717) is 0 Å². The Morgan fingerprint density at radius 1 is 0.659 bits per heavy atom. The number of nitrogens with zero attached hydrogens (tertiary/aromatic N) is 1. The zero-order valence-electron chi connectivity index (χ0n) is 22.4. The van der Waals surface area contributed by atoms with Gasteiger partial charge in [0.15, 0.2) is 5.58 Å². The van der Waals surface area contributed by atoms with E-state index in [4.69, 9.17) is 4.42 Å². The van der Waals surface area contributed by atoms with Gasteiger partial charge in [-0.05, 0) is 54.1 Å². The normalized spacial score (nSPS) is 12.1. The highest BCUT2D eigenvalue weighted by Gasteiger charge is 2.20. The lowest BCUT2D eigenvalue weighted by Gasteiger charge is -2.19. The number of hydrogen-bond acceptors (Lipinski definition) is 2. The maximum atomic E-state index is 6.53. The maximum absolute atomic E-state index is 6.53. The minimum absolute atomic E-state index is 0.0510. The summed E-state index contributed by atoms with van der Waals surface area (Å²) >= 11 is 0. The van der Waals surface area contributed by atoms with Crippen LogP contribution in [0.3, 0.4) is 0 Å². The molecule has 2 aromatic heterocycles. The van der Waals surface area contributed by atoms with Crippen LogP contribution >= 0.6 is 0 Å². The van der Waals surface area contributed by atoms with E-state index >= 15 is 0 Å². The van der Waals surface area contributed by atoms with Gasteiger partial charge in [-0.1, -0.05) is 109 Å². The van der Waals surface area contributed by atoms with Crippen molar-refractivity contribution in [3.05, 3.63) is 151 Å². The lowest BCUT2D eigenvalue weighted by Crippen LogP contribution is -2.17. The first-order chi connectivity index (χ1) is 20.3. The van der Waals surface area contributed by atoms with Crippen LogP contribution < -0.4 is 5.32 Å². The molecule has 0 radical (unpaired) electrons. The van der Waals surface area contributed by atoms with Crippen molar-refractivity contribution < 1.29 is 4.42 Å². The summed E-state index contributed by atoms with van der Waals surface area (Å²) in [5, 5.41) is 7.33. The molecule has 0 spiro atoms. The van der Waals surface area contributed by atoms with Gasteiger partial charge in [0.2, 0.25) is 0 Å². The van der Waals surface area contributed by atoms with Crippen molar-refractivity contribution in [3.8, 4) is 16.8 Å². The molecule has 1 N–H and O–H groups in total. The van der Waals surface area contributed by atoms with E-state index in [-0.39, 0.29) is 6.04 Å². The predicted molar refractivity (Wildman–Crippen MR) is 166 cm³/mol. The molecule has 1 unspecified atom stereocenters. The molecular weight excluding hydrogens is 500 g/mol. The Hall–Kier alpha value is -5.48. The van der Waals surface area contributed by atoms with Crippen LogP contribution in [0.5, 0.6) is 0 Å². The molecule has 41 heavy (non-hydrogen) atoms. The van der Waals surface area contributed by atoms with Crippen LogP contribution in [0.25, 0.3) is 60.6 Å². The molecule has 0 saturated carbocycles. The summed E-state index contributed by atoms with van der Waals surface area (Å²) < 4.78 is 8.82. The van der Waals surface area contributed by atoms with E-state index in [9.17, 15) is 0 Å². The van der Waals surface area contributed by atoms with Crippen molar-refractivity contribution in [2.75, 3.05) is 7.05 Å². The number of furan rings is 1. The van der Waals surface area contributed by atoms with Gasteiger partial charge in [-0.2, -0.15) is 0 Å². The Kier molecular flexibility index (Phi) is 5.32. The molecule has 3 nitrogen and oxygen atoms in total. The largest absolute Gasteiger partial charge is 0.453 e. The van der Waals surface area contributed by atoms with E-state index < -0.39 is 0 Å². The second kappa shape index (κ2) is 9.32. The van der Waals surface area contributed by atoms with Crippen molar-refractivity contribution >= 4 is 43.7 Å². The minimum atomic E-state index is 0.0510. The van der Waals surface area contributed by atoms with E-state index in [0.717, 1.165) is 60.6 Å². The Bertz CT molecular complexity index is 2190. The zero-order valence-corrected chi connectivity index (χ0v) is 22.4. The molecule has 0 aliphatic carbocycles. The van der Waals surface area contributed by atoms with Crippen molar-refractivity contribution in [2.24, 2.45) is 0 Å². The molecule has 0 amide bonds. The molecule has 0 saturated heterocycles. The van der Waals surface area contributed by atoms with E-state index in [1.54, 1.807) is 0 Å². The molecule has 0 fully saturated rings. The van der Waals surface area contributed by atoms with Crippen LogP contribution in [0.1, 0.15) is 17.2 Å². The van der Waals surface area contributed by atoms with Crippen LogP contribution in [-0.4, -0.2) is 11.6 Å². The molecule has 8 rings (SSSR count). The van der Waals surface area contributed by atoms with Gasteiger partial charge in [-0.15, -0.1) is 0 Å². The summed E-state index contributed by atoms with van der Waals surface area (Å²) in [5.41, 5.74) is 9.12. The first-order valence-electron chi connectivity index (χ1n) is 13.7. The van der Waals surface area contributed by atoms with Crippen molar-refractivity contribution in [3.63, 3.8) is 0 Å². The highest BCUT2D eigenvalue weighted by molar-refractivity contribution is 6.20. The number of rotatable bonds is 5. The fourth-order valence-corrected chi connectivity index (χ4v) is 6.01. The van der Waals surface area contributed by atoms with Crippen molar-refractivity contribution in [2.45, 2.75) is 6.04 Å². The smallest absolute Gasteiger partial charge is 0.169 e. The summed E-state index contributed by atoms with van der Waals surface area (Å²) in [6.45, 7) is 0. The van der Waals surface area contributed by atoms with Crippen LogP contribution in [0, 0.1) is 24.3 Å². The summed E-state index contributed by atoms with van der Waals surface area (Å²) in [6, 6.07) is 53.7. The van der Waals surface area contributed by atoms with Crippen LogP contribution in [0.2, 0.25) is 0 Å². The first-order valence-corrected chi connectivity index (χ1v) is 13.7. The maximum Gasteiger partial charge on any atom is 0.169 e. The monoisotopic (exact) mass is 524 g/mol. The third kappa shape index (κ3) is 3.69. The minimum Gasteiger partial charge on any atom is -0.453 e. The molecule has 0 aliphatic rings. The van der Waals surface area contributed by atoms with Gasteiger partial charge in [0.05, 0.1) is 27.7 Å². The summed E-state index contributed by atoms with van der Waals surface area (Å²) in [7, 11) is 2.00. The summed E-state index contributed by atoms with van der Waals surface area (Å²) in [5.74, 6) is 0. The number of para-hydroxylation sites is 1. The van der Waals surface area contributed by atoms with Crippen LogP contribution in [0.4, 0.5) is 0 Å². The third-order valence-electron chi connectivity index (χ3n) is 7.90. The molecule has 192 valence electrons. The summed E-state index contributed by atoms with van der Waals surface area (Å²) in [6.07, 6.45) is 0. The number of aromatic nitrogens is 1. The van der Waals surface area contributed by atoms with Gasteiger partial charge in [0.1, 0.15) is 11.1 Å². The molecular formula is C38H24N2O. The fourth-order valence-electron chi connectivity index (χ4n) is 6.01. The van der Waals surface area contributed by atoms with Gasteiger partial charge < -0.3 is 14.3 Å². The third-order valence-corrected chi connectivity index (χ3v) is 7.90. The summed E-state index contributed by atoms with van der Waals surface area (Å²) in [4.78, 5) is 0. The quantitative estimate of drug-likeness (QED) is 0.244. The molecule has 0 aliphatic heterocycles. The molecule has 8 aromatic rings. The van der Waals surface area contributed by atoms with Crippen molar-refractivity contribution in [1.82, 2.24) is 9.88 Å². The Balaban J connectivity index is 1.45. The van der Waals surface area contributed by atoms with Gasteiger partial charge in [-0.25, -0.2) is 0 Å². The van der Waals surface area contributed by atoms with E-state index in [1.807, 2.05) is 31.3 Å². The van der Waals surface area contributed by atoms with Gasteiger partial charge in [0, 0.05) is 16.6 Å². The number of nitrogens with one attached hydrogen (secondary N) is 1. The standard InChI is InChI=1S/C38H24N2O/c1-39-36(26-13-6-3-7-14-26)28-15-10-16-29(23-28)40-34-24-27(25-11-4-2-5-12-25)19-20-30(34)32-21-22-33-31-17-8-9-18-35(31)41-38(33)37(32)40/h2-18,23-24,36,39H,1H3. The lowest BCUT2D eigenvalue weighted by molar-refractivity contribution is 0.671. The SMILES string of the molecule is CNC(c1ccccc1)c1cccc(-n2c3cc(-c4ccccc4)c#cc3c3c#cc4c5ccccc5oc4c32)c1. The lowest BCUT2D eigenvalue weighted by atomic mass is 9.98. The average Bonchev–Trinajstić information content (AvgIpc) is 3.58. The van der Waals surface area contributed by atoms with Crippen LogP contribution in [0.15, 0.2) is 120 Å². The van der Waals surface area contributed by atoms with Gasteiger partial charge >= 0.3 is 0 Å². The molecule has 6 aromatic carbocycles.